The standard InChI is InChI=1S/C26H31N3O4S/c1-33-20-10-7-17(8-11-20)13-14-29-22(24(27)30)16-34-23-12-9-19(15-21(23)26(29)32)28-25(31)18-5-3-2-4-6-18/h7-12,15,18,22H,2-6,13-14,16H2,1H3,(H2,27,30)(H,28,31). The minimum Gasteiger partial charge on any atom is -0.497 e. The van der Waals surface area contributed by atoms with Gasteiger partial charge in [0.05, 0.1) is 12.7 Å². The monoisotopic (exact) mass is 481 g/mol. The number of carbonyl (C=O) groups is 3. The Labute approximate surface area is 204 Å². The first-order valence-corrected chi connectivity index (χ1v) is 12.8. The third-order valence-electron chi connectivity index (χ3n) is 6.62. The fourth-order valence-electron chi connectivity index (χ4n) is 4.60. The van der Waals surface area contributed by atoms with Crippen LogP contribution in [0.2, 0.25) is 0 Å². The number of rotatable bonds is 7. The molecule has 0 aromatic heterocycles. The van der Waals surface area contributed by atoms with Gasteiger partial charge < -0.3 is 20.7 Å². The summed E-state index contributed by atoms with van der Waals surface area (Å²) in [7, 11) is 1.61. The first-order chi connectivity index (χ1) is 16.5. The highest BCUT2D eigenvalue weighted by Gasteiger charge is 2.33. The smallest absolute Gasteiger partial charge is 0.255 e. The Morgan fingerprint density at radius 1 is 1.12 bits per heavy atom. The number of hydrogen-bond acceptors (Lipinski definition) is 5. The second-order valence-electron chi connectivity index (χ2n) is 8.86. The molecule has 34 heavy (non-hydrogen) atoms. The summed E-state index contributed by atoms with van der Waals surface area (Å²) in [6, 6.07) is 12.3. The second-order valence-corrected chi connectivity index (χ2v) is 9.92. The van der Waals surface area contributed by atoms with E-state index in [1.165, 1.54) is 18.2 Å². The molecule has 0 saturated heterocycles. The van der Waals surface area contributed by atoms with Crippen molar-refractivity contribution in [2.45, 2.75) is 49.5 Å². The van der Waals surface area contributed by atoms with Crippen molar-refractivity contribution >= 4 is 35.2 Å². The van der Waals surface area contributed by atoms with Gasteiger partial charge in [0.2, 0.25) is 11.8 Å². The van der Waals surface area contributed by atoms with E-state index in [9.17, 15) is 14.4 Å². The molecular weight excluding hydrogens is 450 g/mol. The van der Waals surface area contributed by atoms with Crippen LogP contribution >= 0.6 is 11.8 Å². The number of benzene rings is 2. The maximum absolute atomic E-state index is 13.6. The normalized spacial score (nSPS) is 18.7. The molecule has 8 heteroatoms. The summed E-state index contributed by atoms with van der Waals surface area (Å²) in [6.07, 6.45) is 5.74. The van der Waals surface area contributed by atoms with E-state index in [1.54, 1.807) is 18.1 Å². The zero-order valence-electron chi connectivity index (χ0n) is 19.4. The Hall–Kier alpha value is -3.00. The fourth-order valence-corrected chi connectivity index (χ4v) is 5.75. The molecule has 0 radical (unpaired) electrons. The zero-order valence-corrected chi connectivity index (χ0v) is 20.2. The molecule has 2 aliphatic rings. The van der Waals surface area contributed by atoms with Crippen LogP contribution in [0.4, 0.5) is 5.69 Å². The molecule has 2 aromatic carbocycles. The van der Waals surface area contributed by atoms with Gasteiger partial charge in [0.25, 0.3) is 5.91 Å². The van der Waals surface area contributed by atoms with E-state index in [-0.39, 0.29) is 17.7 Å². The molecule has 1 heterocycles. The molecule has 180 valence electrons. The number of anilines is 1. The molecule has 4 rings (SSSR count). The number of nitrogens with zero attached hydrogens (tertiary/aromatic N) is 1. The van der Waals surface area contributed by atoms with E-state index >= 15 is 0 Å². The summed E-state index contributed by atoms with van der Waals surface area (Å²) in [5.74, 6) is 0.431. The number of hydrogen-bond donors (Lipinski definition) is 2. The van der Waals surface area contributed by atoms with Gasteiger partial charge in [-0.3, -0.25) is 14.4 Å². The van der Waals surface area contributed by atoms with E-state index in [4.69, 9.17) is 10.5 Å². The molecule has 1 fully saturated rings. The van der Waals surface area contributed by atoms with Crippen LogP contribution in [0, 0.1) is 5.92 Å². The van der Waals surface area contributed by atoms with Crippen molar-refractivity contribution in [3.05, 3.63) is 53.6 Å². The number of primary amides is 1. The molecule has 1 saturated carbocycles. The van der Waals surface area contributed by atoms with Gasteiger partial charge in [0.15, 0.2) is 0 Å². The van der Waals surface area contributed by atoms with Gasteiger partial charge in [-0.25, -0.2) is 0 Å². The Morgan fingerprint density at radius 3 is 2.53 bits per heavy atom. The summed E-state index contributed by atoms with van der Waals surface area (Å²) in [4.78, 5) is 40.9. The van der Waals surface area contributed by atoms with Crippen molar-refractivity contribution in [2.24, 2.45) is 11.7 Å². The van der Waals surface area contributed by atoms with Gasteiger partial charge in [-0.05, 0) is 55.2 Å². The lowest BCUT2D eigenvalue weighted by atomic mass is 9.88. The van der Waals surface area contributed by atoms with E-state index in [0.29, 0.717) is 30.0 Å². The largest absolute Gasteiger partial charge is 0.497 e. The summed E-state index contributed by atoms with van der Waals surface area (Å²) < 4.78 is 5.20. The number of nitrogens with one attached hydrogen (secondary N) is 1. The van der Waals surface area contributed by atoms with Crippen molar-refractivity contribution < 1.29 is 19.1 Å². The third-order valence-corrected chi connectivity index (χ3v) is 7.77. The van der Waals surface area contributed by atoms with Crippen molar-refractivity contribution in [3.8, 4) is 5.75 Å². The van der Waals surface area contributed by atoms with E-state index in [0.717, 1.165) is 41.9 Å². The molecule has 1 aliphatic carbocycles. The summed E-state index contributed by atoms with van der Waals surface area (Å²) >= 11 is 1.44. The number of ether oxygens (including phenoxy) is 1. The fraction of sp³-hybridized carbons (Fsp3) is 0.423. The van der Waals surface area contributed by atoms with Gasteiger partial charge in [-0.15, -0.1) is 11.8 Å². The first kappa shape index (κ1) is 24.1. The highest BCUT2D eigenvalue weighted by molar-refractivity contribution is 7.99. The van der Waals surface area contributed by atoms with Gasteiger partial charge in [-0.2, -0.15) is 0 Å². The average Bonchev–Trinajstić information content (AvgIpc) is 3.00. The molecule has 1 atom stereocenters. The maximum Gasteiger partial charge on any atom is 0.255 e. The summed E-state index contributed by atoms with van der Waals surface area (Å²) in [5, 5.41) is 3.00. The molecule has 3 amide bonds. The molecule has 1 unspecified atom stereocenters. The van der Waals surface area contributed by atoms with Gasteiger partial charge in [0, 0.05) is 28.8 Å². The predicted octanol–water partition coefficient (Wildman–Crippen LogP) is 3.86. The first-order valence-electron chi connectivity index (χ1n) is 11.8. The summed E-state index contributed by atoms with van der Waals surface area (Å²) in [5.41, 5.74) is 7.82. The lowest BCUT2D eigenvalue weighted by Crippen LogP contribution is -2.49. The zero-order chi connectivity index (χ0) is 24.1. The van der Waals surface area contributed by atoms with Gasteiger partial charge in [0.1, 0.15) is 11.8 Å². The molecule has 7 nitrogen and oxygen atoms in total. The number of carbonyl (C=O) groups excluding carboxylic acids is 3. The van der Waals surface area contributed by atoms with Crippen LogP contribution in [-0.4, -0.2) is 48.1 Å². The number of nitrogens with two attached hydrogens (primary N) is 1. The number of thioether (sulfide) groups is 1. The minimum absolute atomic E-state index is 0.0137. The van der Waals surface area contributed by atoms with Crippen molar-refractivity contribution in [1.29, 1.82) is 0 Å². The van der Waals surface area contributed by atoms with Crippen molar-refractivity contribution in [3.63, 3.8) is 0 Å². The van der Waals surface area contributed by atoms with E-state index < -0.39 is 11.9 Å². The van der Waals surface area contributed by atoms with E-state index in [2.05, 4.69) is 5.32 Å². The van der Waals surface area contributed by atoms with Crippen LogP contribution in [0.5, 0.6) is 5.75 Å². The lowest BCUT2D eigenvalue weighted by Gasteiger charge is -2.28. The Balaban J connectivity index is 1.53. The molecule has 2 aromatic rings. The number of fused-ring (bicyclic) bond motifs is 1. The SMILES string of the molecule is COc1ccc(CCN2C(=O)c3cc(NC(=O)C4CCCCC4)ccc3SCC2C(N)=O)cc1. The molecule has 0 bridgehead atoms. The number of methoxy groups -OCH3 is 1. The number of amides is 3. The van der Waals surface area contributed by atoms with E-state index in [1.807, 2.05) is 36.4 Å². The average molecular weight is 482 g/mol. The van der Waals surface area contributed by atoms with Gasteiger partial charge in [-0.1, -0.05) is 31.4 Å². The second kappa shape index (κ2) is 11.0. The van der Waals surface area contributed by atoms with Crippen LogP contribution in [-0.2, 0) is 16.0 Å². The Kier molecular flexibility index (Phi) is 7.77. The predicted molar refractivity (Wildman–Crippen MR) is 133 cm³/mol. The maximum atomic E-state index is 13.6. The third kappa shape index (κ3) is 5.55. The van der Waals surface area contributed by atoms with Crippen LogP contribution < -0.4 is 15.8 Å². The van der Waals surface area contributed by atoms with Crippen LogP contribution in [0.1, 0.15) is 48.0 Å². The van der Waals surface area contributed by atoms with Crippen molar-refractivity contribution in [2.75, 3.05) is 24.7 Å². The Morgan fingerprint density at radius 2 is 1.85 bits per heavy atom. The molecule has 3 N–H and O–H groups in total. The molecule has 0 spiro atoms. The minimum atomic E-state index is -0.705. The van der Waals surface area contributed by atoms with Crippen LogP contribution in [0.3, 0.4) is 0 Å². The van der Waals surface area contributed by atoms with Crippen LogP contribution in [0.15, 0.2) is 47.4 Å². The highest BCUT2D eigenvalue weighted by atomic mass is 32.2. The molecule has 1 aliphatic heterocycles. The topological polar surface area (TPSA) is 102 Å². The molecular formula is C26H31N3O4S. The summed E-state index contributed by atoms with van der Waals surface area (Å²) in [6.45, 7) is 0.359. The Bertz CT molecular complexity index is 1050. The van der Waals surface area contributed by atoms with Crippen LogP contribution in [0.25, 0.3) is 0 Å². The van der Waals surface area contributed by atoms with Crippen molar-refractivity contribution in [1.82, 2.24) is 4.90 Å². The lowest BCUT2D eigenvalue weighted by molar-refractivity contribution is -0.122. The van der Waals surface area contributed by atoms with Gasteiger partial charge >= 0.3 is 0 Å². The quantitative estimate of drug-likeness (QED) is 0.625. The highest BCUT2D eigenvalue weighted by Crippen LogP contribution is 2.33.